The van der Waals surface area contributed by atoms with Gasteiger partial charge >= 0.3 is 37.7 Å². The molecule has 0 unspecified atom stereocenters. The molecule has 2 amide bonds. The molecule has 16 nitrogen and oxygen atoms in total. The molecule has 0 fully saturated rings. The van der Waals surface area contributed by atoms with Crippen LogP contribution in [0.3, 0.4) is 0 Å². The van der Waals surface area contributed by atoms with E-state index in [9.17, 15) is 58.6 Å². The summed E-state index contributed by atoms with van der Waals surface area (Å²) in [5.41, 5.74) is 9.56. The van der Waals surface area contributed by atoms with Crippen molar-refractivity contribution in [3.63, 3.8) is 0 Å². The number of nitrogens with one attached hydrogen (secondary N) is 2. The van der Waals surface area contributed by atoms with Crippen molar-refractivity contribution in [2.24, 2.45) is 0 Å². The molecule has 0 saturated heterocycles. The topological polar surface area (TPSA) is 255 Å². The minimum atomic E-state index is -1.39. The van der Waals surface area contributed by atoms with Gasteiger partial charge in [0.15, 0.2) is 10.3 Å². The first-order chi connectivity index (χ1) is 39.1. The molecule has 21 heteroatoms. The number of anilines is 2. The maximum Gasteiger partial charge on any atom is 2.00 e. The molecule has 6 N–H and O–H groups in total. The van der Waals surface area contributed by atoms with Crippen LogP contribution in [0.15, 0.2) is 120 Å². The summed E-state index contributed by atoms with van der Waals surface area (Å²) in [7, 11) is 0. The van der Waals surface area contributed by atoms with Crippen molar-refractivity contribution in [3.8, 4) is 44.8 Å². The van der Waals surface area contributed by atoms with E-state index in [0.717, 1.165) is 33.9 Å². The summed E-state index contributed by atoms with van der Waals surface area (Å²) in [6.45, 7) is 12.1. The van der Waals surface area contributed by atoms with Crippen molar-refractivity contribution in [2.45, 2.75) is 129 Å². The number of aliphatic carboxylic acids is 2. The predicted molar refractivity (Wildman–Crippen MR) is 316 cm³/mol. The number of carboxylic acid groups (broad SMARTS) is 2. The van der Waals surface area contributed by atoms with Crippen LogP contribution in [0.25, 0.3) is 44.8 Å². The number of aromatic nitrogens is 4. The molecule has 0 radical (unpaired) electrons. The largest absolute Gasteiger partial charge is 2.00 e. The van der Waals surface area contributed by atoms with Crippen LogP contribution in [-0.4, -0.2) is 125 Å². The van der Waals surface area contributed by atoms with Gasteiger partial charge in [0.1, 0.15) is 11.6 Å². The van der Waals surface area contributed by atoms with Gasteiger partial charge in [0.05, 0.1) is 58.3 Å². The fraction of sp³-hybridized carbons (Fsp3) is 0.323. The van der Waals surface area contributed by atoms with Crippen LogP contribution < -0.4 is 20.8 Å². The standard InChI is InChI=1S/2C31H34FN3O5S.Ca/c2*1-18(2)28-27(30(40)34-31-33-19(3)17-41-31)26(20-7-5-4-6-8-20)29(21-9-11-22(32)12-10-21)35(28)14-13-23(36)15-24(37)16-25(38)39;/h2*4-12,17-18,23-24,36-37H,13-16H2,1-3H3,(H,38,39)(H,33,34,40);/q;;+2/p-2/t2*23-,24-;/m11./s1. The zero-order chi connectivity index (χ0) is 59.4. The monoisotopic (exact) mass is 1200 g/mol. The molecule has 83 heavy (non-hydrogen) atoms. The van der Waals surface area contributed by atoms with Gasteiger partial charge in [0.25, 0.3) is 11.8 Å². The number of rotatable bonds is 24. The van der Waals surface area contributed by atoms with Crippen LogP contribution >= 0.6 is 22.7 Å². The predicted octanol–water partition coefficient (Wildman–Crippen LogP) is 9.11. The normalized spacial score (nSPS) is 12.7. The van der Waals surface area contributed by atoms with Gasteiger partial charge in [-0.2, -0.15) is 0 Å². The van der Waals surface area contributed by atoms with Gasteiger partial charge in [0, 0.05) is 71.1 Å². The number of carboxylic acids is 2. The summed E-state index contributed by atoms with van der Waals surface area (Å²) in [6, 6.07) is 31.0. The molecule has 0 bridgehead atoms. The third kappa shape index (κ3) is 17.3. The Bertz CT molecular complexity index is 3230. The number of carbonyl (C=O) groups is 4. The summed E-state index contributed by atoms with van der Waals surface area (Å²) in [5, 5.41) is 73.7. The first-order valence-corrected chi connectivity index (χ1v) is 28.6. The number of hydrogen-bond donors (Lipinski definition) is 6. The van der Waals surface area contributed by atoms with E-state index in [0.29, 0.717) is 55.0 Å². The summed E-state index contributed by atoms with van der Waals surface area (Å²) >= 11 is 2.65. The number of aryl methyl sites for hydroxylation is 2. The van der Waals surface area contributed by atoms with E-state index in [1.54, 1.807) is 24.3 Å². The van der Waals surface area contributed by atoms with Gasteiger partial charge in [-0.05, 0) is 122 Å². The smallest absolute Gasteiger partial charge is 0.550 e. The SMILES string of the molecule is Cc1csc(NC(=O)c2c(-c3ccccc3)c(-c3ccc(F)cc3)n(CC[C@@H](O)C[C@@H](O)CC(=O)[O-])c2C(C)C)n1.Cc1csc(NC(=O)c2c(-c3ccccc3)c(-c3ccc(F)cc3)n(CC[C@@H](O)C[C@@H](O)CC(=O)[O-])c2C(C)C)n1.[Ca+2]. The van der Waals surface area contributed by atoms with E-state index in [2.05, 4.69) is 20.6 Å². The Morgan fingerprint density at radius 2 is 0.867 bits per heavy atom. The molecular formula is C62H66CaF2N6O10S2. The van der Waals surface area contributed by atoms with E-state index >= 15 is 0 Å². The first-order valence-electron chi connectivity index (χ1n) is 26.8. The Labute approximate surface area is 518 Å². The van der Waals surface area contributed by atoms with Crippen LogP contribution in [0.2, 0.25) is 0 Å². The molecule has 4 aromatic carbocycles. The van der Waals surface area contributed by atoms with Crippen molar-refractivity contribution in [1.29, 1.82) is 0 Å². The third-order valence-electron chi connectivity index (χ3n) is 13.5. The maximum absolute atomic E-state index is 14.0. The number of benzene rings is 4. The van der Waals surface area contributed by atoms with E-state index in [1.807, 2.05) is 122 Å². The molecule has 8 aromatic rings. The summed E-state index contributed by atoms with van der Waals surface area (Å²) in [6.07, 6.45) is -5.59. The molecule has 4 aromatic heterocycles. The van der Waals surface area contributed by atoms with Crippen molar-refractivity contribution < 1.29 is 58.6 Å². The molecule has 0 spiro atoms. The maximum atomic E-state index is 14.0. The number of nitrogens with zero attached hydrogens (tertiary/aromatic N) is 4. The second-order valence-corrected chi connectivity index (χ2v) is 22.4. The van der Waals surface area contributed by atoms with Crippen molar-refractivity contribution >= 4 is 94.4 Å². The second kappa shape index (κ2) is 30.4. The average molecular weight is 1200 g/mol. The number of amides is 2. The summed E-state index contributed by atoms with van der Waals surface area (Å²) < 4.78 is 31.9. The molecular weight excluding hydrogens is 1130 g/mol. The van der Waals surface area contributed by atoms with Gasteiger partial charge in [-0.1, -0.05) is 88.4 Å². The first kappa shape index (κ1) is 65.7. The zero-order valence-electron chi connectivity index (χ0n) is 47.0. The molecule has 432 valence electrons. The van der Waals surface area contributed by atoms with E-state index in [-0.39, 0.29) is 100 Å². The molecule has 0 aliphatic heterocycles. The number of hydrogen-bond acceptors (Lipinski definition) is 14. The van der Waals surface area contributed by atoms with Gasteiger partial charge in [-0.3, -0.25) is 20.2 Å². The molecule has 0 aliphatic rings. The Morgan fingerprint density at radius 3 is 1.16 bits per heavy atom. The van der Waals surface area contributed by atoms with Crippen molar-refractivity contribution in [3.05, 3.63) is 165 Å². The number of aliphatic hydroxyl groups is 4. The van der Waals surface area contributed by atoms with Gasteiger partial charge in [-0.25, -0.2) is 18.7 Å². The minimum absolute atomic E-state index is 0. The van der Waals surface area contributed by atoms with Crippen LogP contribution in [-0.2, 0) is 22.7 Å². The van der Waals surface area contributed by atoms with E-state index in [1.165, 1.54) is 46.9 Å². The average Bonchev–Trinajstić information content (AvgIpc) is 2.48. The quantitative estimate of drug-likeness (QED) is 0.0310. The van der Waals surface area contributed by atoms with Crippen LogP contribution in [0.1, 0.15) is 122 Å². The number of halogens is 2. The van der Waals surface area contributed by atoms with Crippen molar-refractivity contribution in [1.82, 2.24) is 19.1 Å². The van der Waals surface area contributed by atoms with Gasteiger partial charge in [0.2, 0.25) is 0 Å². The number of carbonyl (C=O) groups excluding carboxylic acids is 4. The fourth-order valence-electron chi connectivity index (χ4n) is 10.1. The second-order valence-electron chi connectivity index (χ2n) is 20.6. The van der Waals surface area contributed by atoms with Gasteiger partial charge < -0.3 is 49.4 Å². The minimum Gasteiger partial charge on any atom is -0.550 e. The van der Waals surface area contributed by atoms with Crippen LogP contribution in [0, 0.1) is 25.5 Å². The van der Waals surface area contributed by atoms with Gasteiger partial charge in [-0.15, -0.1) is 22.7 Å². The van der Waals surface area contributed by atoms with E-state index in [4.69, 9.17) is 0 Å². The Hall–Kier alpha value is -6.46. The Morgan fingerprint density at radius 1 is 0.530 bits per heavy atom. The summed E-state index contributed by atoms with van der Waals surface area (Å²) in [4.78, 5) is 58.5. The van der Waals surface area contributed by atoms with E-state index < -0.39 is 60.8 Å². The molecule has 0 saturated carbocycles. The zero-order valence-corrected chi connectivity index (χ0v) is 50.8. The summed E-state index contributed by atoms with van der Waals surface area (Å²) in [5.74, 6) is -4.53. The Balaban J connectivity index is 0.000000263. The van der Waals surface area contributed by atoms with Crippen molar-refractivity contribution in [2.75, 3.05) is 10.6 Å². The fourth-order valence-corrected chi connectivity index (χ4v) is 11.5. The van der Waals surface area contributed by atoms with Crippen LogP contribution in [0.4, 0.5) is 19.0 Å². The van der Waals surface area contributed by atoms with Crippen LogP contribution in [0.5, 0.6) is 0 Å². The molecule has 4 atom stereocenters. The molecule has 4 heterocycles. The molecule has 0 aliphatic carbocycles. The molecule has 8 rings (SSSR count). The number of thiazole rings is 2. The number of aliphatic hydroxyl groups excluding tert-OH is 4. The third-order valence-corrected chi connectivity index (χ3v) is 15.2. The Kier molecular flexibility index (Phi) is 24.0.